The normalized spacial score (nSPS) is 13.2. The van der Waals surface area contributed by atoms with E-state index in [0.717, 1.165) is 0 Å². The molecule has 0 bridgehead atoms. The number of rotatable bonds is 2. The molecule has 0 aromatic carbocycles. The Balaban J connectivity index is 2.85. The van der Waals surface area contributed by atoms with E-state index in [1.54, 1.807) is 13.0 Å². The molecular weight excluding hydrogens is 218 g/mol. The molecule has 4 N–H and O–H groups in total. The third-order valence-corrected chi connectivity index (χ3v) is 2.47. The molecule has 1 rings (SSSR count). The van der Waals surface area contributed by atoms with E-state index in [4.69, 9.17) is 5.73 Å². The average molecular weight is 237 g/mol. The molecule has 1 aromatic heterocycles. The van der Waals surface area contributed by atoms with Crippen molar-refractivity contribution in [3.8, 4) is 5.75 Å². The summed E-state index contributed by atoms with van der Waals surface area (Å²) in [5.74, 6) is -0.273. The molecule has 5 heteroatoms. The first-order chi connectivity index (χ1) is 7.71. The minimum Gasteiger partial charge on any atom is -0.504 e. The van der Waals surface area contributed by atoms with Crippen molar-refractivity contribution in [1.82, 2.24) is 4.98 Å². The number of nitrogens with one attached hydrogen (secondary N) is 1. The summed E-state index contributed by atoms with van der Waals surface area (Å²) in [4.78, 5) is 15.9. The number of hydrogen-bond acceptors (Lipinski definition) is 4. The Morgan fingerprint density at radius 1 is 1.47 bits per heavy atom. The molecule has 0 aliphatic rings. The molecule has 1 atom stereocenters. The van der Waals surface area contributed by atoms with E-state index in [-0.39, 0.29) is 22.9 Å². The highest BCUT2D eigenvalue weighted by molar-refractivity contribution is 5.95. The third kappa shape index (κ3) is 3.42. The maximum absolute atomic E-state index is 11.8. The Labute approximate surface area is 101 Å². The van der Waals surface area contributed by atoms with Crippen LogP contribution in [-0.4, -0.2) is 22.0 Å². The number of aromatic hydroxyl groups is 1. The Morgan fingerprint density at radius 2 is 2.06 bits per heavy atom. The number of aromatic nitrogens is 1. The van der Waals surface area contributed by atoms with Crippen molar-refractivity contribution in [2.45, 2.75) is 33.7 Å². The van der Waals surface area contributed by atoms with Crippen molar-refractivity contribution < 1.29 is 9.90 Å². The summed E-state index contributed by atoms with van der Waals surface area (Å²) < 4.78 is 0. The molecule has 0 spiro atoms. The van der Waals surface area contributed by atoms with Crippen molar-refractivity contribution in [1.29, 1.82) is 0 Å². The van der Waals surface area contributed by atoms with Gasteiger partial charge in [-0.2, -0.15) is 0 Å². The predicted octanol–water partition coefficient (Wildman–Crippen LogP) is 1.41. The first-order valence-corrected chi connectivity index (χ1v) is 5.45. The molecular formula is C12H19N3O2. The summed E-state index contributed by atoms with van der Waals surface area (Å²) in [5, 5.41) is 12.1. The molecule has 5 nitrogen and oxygen atoms in total. The smallest absolute Gasteiger partial charge is 0.243 e. The fourth-order valence-electron chi connectivity index (χ4n) is 1.23. The van der Waals surface area contributed by atoms with Crippen LogP contribution in [0.5, 0.6) is 5.75 Å². The lowest BCUT2D eigenvalue weighted by atomic mass is 9.87. The van der Waals surface area contributed by atoms with Crippen molar-refractivity contribution in [2.75, 3.05) is 5.32 Å². The molecule has 0 aliphatic carbocycles. The van der Waals surface area contributed by atoms with Crippen LogP contribution >= 0.6 is 0 Å². The molecule has 0 aliphatic heterocycles. The highest BCUT2D eigenvalue weighted by Crippen LogP contribution is 2.23. The van der Waals surface area contributed by atoms with Crippen LogP contribution in [-0.2, 0) is 4.79 Å². The first-order valence-electron chi connectivity index (χ1n) is 5.45. The number of pyridine rings is 1. The molecule has 1 heterocycles. The van der Waals surface area contributed by atoms with Crippen molar-refractivity contribution in [2.24, 2.45) is 11.1 Å². The summed E-state index contributed by atoms with van der Waals surface area (Å²) in [6.45, 7) is 7.40. The maximum atomic E-state index is 11.8. The minimum absolute atomic E-state index is 0.0648. The molecule has 1 unspecified atom stereocenters. The number of carbonyl (C=O) groups excluding carboxylic acids is 1. The van der Waals surface area contributed by atoms with E-state index in [2.05, 4.69) is 10.3 Å². The number of anilines is 1. The van der Waals surface area contributed by atoms with Crippen molar-refractivity contribution in [3.63, 3.8) is 0 Å². The average Bonchev–Trinajstić information content (AvgIpc) is 2.21. The van der Waals surface area contributed by atoms with Crippen LogP contribution in [0.15, 0.2) is 12.1 Å². The second kappa shape index (κ2) is 4.71. The number of hydrogen-bond donors (Lipinski definition) is 3. The molecule has 1 amide bonds. The zero-order chi connectivity index (χ0) is 13.2. The van der Waals surface area contributed by atoms with Crippen molar-refractivity contribution >= 4 is 11.7 Å². The molecule has 17 heavy (non-hydrogen) atoms. The molecule has 0 radical (unpaired) electrons. The second-order valence-electron chi connectivity index (χ2n) is 5.15. The van der Waals surface area contributed by atoms with E-state index in [9.17, 15) is 9.90 Å². The summed E-state index contributed by atoms with van der Waals surface area (Å²) >= 11 is 0. The van der Waals surface area contributed by atoms with Crippen LogP contribution in [0.3, 0.4) is 0 Å². The van der Waals surface area contributed by atoms with Gasteiger partial charge < -0.3 is 16.2 Å². The van der Waals surface area contributed by atoms with Gasteiger partial charge in [0, 0.05) is 5.69 Å². The quantitative estimate of drug-likeness (QED) is 0.725. The minimum atomic E-state index is -0.663. The maximum Gasteiger partial charge on any atom is 0.243 e. The van der Waals surface area contributed by atoms with Crippen LogP contribution in [0.4, 0.5) is 5.82 Å². The zero-order valence-electron chi connectivity index (χ0n) is 10.6. The Bertz CT molecular complexity index is 424. The fraction of sp³-hybridized carbons (Fsp3) is 0.500. The van der Waals surface area contributed by atoms with Crippen molar-refractivity contribution in [3.05, 3.63) is 17.8 Å². The van der Waals surface area contributed by atoms with E-state index in [1.807, 2.05) is 20.8 Å². The van der Waals surface area contributed by atoms with E-state index in [1.165, 1.54) is 6.07 Å². The van der Waals surface area contributed by atoms with Gasteiger partial charge in [0.1, 0.15) is 0 Å². The van der Waals surface area contributed by atoms with E-state index >= 15 is 0 Å². The van der Waals surface area contributed by atoms with E-state index < -0.39 is 6.04 Å². The van der Waals surface area contributed by atoms with Gasteiger partial charge in [-0.15, -0.1) is 0 Å². The lowest BCUT2D eigenvalue weighted by molar-refractivity contribution is -0.119. The predicted molar refractivity (Wildman–Crippen MR) is 66.7 cm³/mol. The molecule has 1 aromatic rings. The largest absolute Gasteiger partial charge is 0.504 e. The van der Waals surface area contributed by atoms with Gasteiger partial charge in [-0.1, -0.05) is 20.8 Å². The highest BCUT2D eigenvalue weighted by Gasteiger charge is 2.28. The first kappa shape index (κ1) is 13.4. The Hall–Kier alpha value is -1.62. The lowest BCUT2D eigenvalue weighted by Crippen LogP contribution is -2.45. The Kier molecular flexibility index (Phi) is 3.72. The summed E-state index contributed by atoms with van der Waals surface area (Å²) in [6, 6.07) is 2.49. The van der Waals surface area contributed by atoms with E-state index in [0.29, 0.717) is 5.69 Å². The Morgan fingerprint density at radius 3 is 2.59 bits per heavy atom. The van der Waals surface area contributed by atoms with Crippen LogP contribution < -0.4 is 11.1 Å². The van der Waals surface area contributed by atoms with Gasteiger partial charge in [0.25, 0.3) is 0 Å². The van der Waals surface area contributed by atoms with Gasteiger partial charge in [0.2, 0.25) is 5.91 Å². The monoisotopic (exact) mass is 237 g/mol. The standard InChI is InChI=1S/C12H19N3O2/c1-7-5-6-8(16)10(14-7)15-11(17)9(13)12(2,3)4/h5-6,9,16H,13H2,1-4H3,(H,14,15,17). The number of aryl methyl sites for hydroxylation is 1. The third-order valence-electron chi connectivity index (χ3n) is 2.47. The summed E-state index contributed by atoms with van der Waals surface area (Å²) in [7, 11) is 0. The second-order valence-corrected chi connectivity index (χ2v) is 5.15. The van der Waals surface area contributed by atoms with Crippen LogP contribution in [0, 0.1) is 12.3 Å². The van der Waals surface area contributed by atoms with Gasteiger partial charge in [0.15, 0.2) is 11.6 Å². The molecule has 94 valence electrons. The SMILES string of the molecule is Cc1ccc(O)c(NC(=O)C(N)C(C)(C)C)n1. The number of amides is 1. The number of carbonyl (C=O) groups is 1. The van der Waals surface area contributed by atoms with Gasteiger partial charge in [-0.3, -0.25) is 4.79 Å². The van der Waals surface area contributed by atoms with Gasteiger partial charge >= 0.3 is 0 Å². The topological polar surface area (TPSA) is 88.2 Å². The molecule has 0 saturated heterocycles. The van der Waals surface area contributed by atoms with Crippen LogP contribution in [0.25, 0.3) is 0 Å². The fourth-order valence-corrected chi connectivity index (χ4v) is 1.23. The highest BCUT2D eigenvalue weighted by atomic mass is 16.3. The molecule has 0 fully saturated rings. The summed E-state index contributed by atoms with van der Waals surface area (Å²) in [5.41, 5.74) is 6.18. The molecule has 0 saturated carbocycles. The van der Waals surface area contributed by atoms with Gasteiger partial charge in [0.05, 0.1) is 6.04 Å². The number of nitrogens with two attached hydrogens (primary N) is 1. The zero-order valence-corrected chi connectivity index (χ0v) is 10.6. The van der Waals surface area contributed by atoms with Crippen LogP contribution in [0.2, 0.25) is 0 Å². The van der Waals surface area contributed by atoms with Gasteiger partial charge in [-0.25, -0.2) is 4.98 Å². The van der Waals surface area contributed by atoms with Gasteiger partial charge in [-0.05, 0) is 24.5 Å². The summed E-state index contributed by atoms with van der Waals surface area (Å²) in [6.07, 6.45) is 0. The van der Waals surface area contributed by atoms with Crippen LogP contribution in [0.1, 0.15) is 26.5 Å². The number of nitrogens with zero attached hydrogens (tertiary/aromatic N) is 1. The lowest BCUT2D eigenvalue weighted by Gasteiger charge is -2.25.